The molecule has 2 aromatic heterocycles. The number of carbonyl (C=O) groups is 1. The van der Waals surface area contributed by atoms with E-state index < -0.39 is 5.97 Å². The van der Waals surface area contributed by atoms with E-state index in [4.69, 9.17) is 10.3 Å². The van der Waals surface area contributed by atoms with E-state index in [1.54, 1.807) is 19.2 Å². The highest BCUT2D eigenvalue weighted by molar-refractivity contribution is 7.21. The SMILES string of the molecule is CCOC(=O)c1sc2cccnc2c1N=[N+]=[N-]. The topological polar surface area (TPSA) is 88.0 Å². The van der Waals surface area contributed by atoms with Crippen molar-refractivity contribution < 1.29 is 9.53 Å². The zero-order valence-electron chi connectivity index (χ0n) is 8.95. The summed E-state index contributed by atoms with van der Waals surface area (Å²) in [4.78, 5) is 18.8. The van der Waals surface area contributed by atoms with Gasteiger partial charge in [-0.2, -0.15) is 0 Å². The van der Waals surface area contributed by atoms with Crippen LogP contribution in [-0.2, 0) is 4.74 Å². The van der Waals surface area contributed by atoms with Crippen molar-refractivity contribution in [3.8, 4) is 0 Å². The Morgan fingerprint density at radius 2 is 2.53 bits per heavy atom. The van der Waals surface area contributed by atoms with Gasteiger partial charge in [-0.15, -0.1) is 11.3 Å². The van der Waals surface area contributed by atoms with Gasteiger partial charge < -0.3 is 4.74 Å². The van der Waals surface area contributed by atoms with E-state index in [2.05, 4.69) is 15.0 Å². The van der Waals surface area contributed by atoms with Crippen molar-refractivity contribution in [1.82, 2.24) is 4.98 Å². The molecule has 0 amide bonds. The predicted molar refractivity (Wildman–Crippen MR) is 64.4 cm³/mol. The molecule has 17 heavy (non-hydrogen) atoms. The Kier molecular flexibility index (Phi) is 3.22. The number of rotatable bonds is 3. The van der Waals surface area contributed by atoms with Crippen LogP contribution in [0.5, 0.6) is 0 Å². The average molecular weight is 248 g/mol. The summed E-state index contributed by atoms with van der Waals surface area (Å²) in [5, 5.41) is 3.53. The maximum atomic E-state index is 11.7. The number of hydrogen-bond acceptors (Lipinski definition) is 5. The van der Waals surface area contributed by atoms with Crippen molar-refractivity contribution >= 4 is 33.2 Å². The first-order valence-electron chi connectivity index (χ1n) is 4.87. The molecule has 0 N–H and O–H groups in total. The number of fused-ring (bicyclic) bond motifs is 1. The van der Waals surface area contributed by atoms with Crippen LogP contribution in [0.15, 0.2) is 23.4 Å². The third kappa shape index (κ3) is 2.06. The lowest BCUT2D eigenvalue weighted by molar-refractivity contribution is 0.0533. The monoisotopic (exact) mass is 248 g/mol. The Balaban J connectivity index is 2.65. The number of esters is 1. The van der Waals surface area contributed by atoms with Gasteiger partial charge in [0, 0.05) is 11.1 Å². The highest BCUT2D eigenvalue weighted by Gasteiger charge is 2.19. The van der Waals surface area contributed by atoms with Gasteiger partial charge in [0.2, 0.25) is 0 Å². The number of aromatic nitrogens is 1. The molecule has 0 aliphatic carbocycles. The molecule has 0 unspecified atom stereocenters. The largest absolute Gasteiger partial charge is 0.462 e. The summed E-state index contributed by atoms with van der Waals surface area (Å²) in [7, 11) is 0. The van der Waals surface area contributed by atoms with Crippen LogP contribution in [0.4, 0.5) is 5.69 Å². The lowest BCUT2D eigenvalue weighted by Gasteiger charge is -1.98. The van der Waals surface area contributed by atoms with Gasteiger partial charge in [-0.05, 0) is 24.6 Å². The van der Waals surface area contributed by atoms with Crippen molar-refractivity contribution in [1.29, 1.82) is 0 Å². The van der Waals surface area contributed by atoms with E-state index in [-0.39, 0.29) is 12.3 Å². The number of thiophene rings is 1. The molecule has 2 rings (SSSR count). The third-order valence-electron chi connectivity index (χ3n) is 2.03. The number of hydrogen-bond donors (Lipinski definition) is 0. The summed E-state index contributed by atoms with van der Waals surface area (Å²) >= 11 is 1.21. The summed E-state index contributed by atoms with van der Waals surface area (Å²) in [5.74, 6) is -0.488. The molecule has 0 fully saturated rings. The second kappa shape index (κ2) is 4.82. The fourth-order valence-electron chi connectivity index (χ4n) is 1.39. The lowest BCUT2D eigenvalue weighted by Crippen LogP contribution is -2.02. The van der Waals surface area contributed by atoms with Gasteiger partial charge in [0.15, 0.2) is 0 Å². The lowest BCUT2D eigenvalue weighted by atomic mass is 10.3. The van der Waals surface area contributed by atoms with Crippen molar-refractivity contribution in [3.63, 3.8) is 0 Å². The van der Waals surface area contributed by atoms with Crippen molar-refractivity contribution in [3.05, 3.63) is 33.6 Å². The molecule has 0 bridgehead atoms. The van der Waals surface area contributed by atoms with Crippen LogP contribution in [-0.4, -0.2) is 17.6 Å². The van der Waals surface area contributed by atoms with Gasteiger partial charge in [-0.3, -0.25) is 4.98 Å². The highest BCUT2D eigenvalue weighted by atomic mass is 32.1. The zero-order chi connectivity index (χ0) is 12.3. The highest BCUT2D eigenvalue weighted by Crippen LogP contribution is 2.36. The number of azide groups is 1. The molecule has 2 heterocycles. The van der Waals surface area contributed by atoms with E-state index in [0.717, 1.165) is 4.70 Å². The molecule has 0 aromatic carbocycles. The van der Waals surface area contributed by atoms with E-state index in [0.29, 0.717) is 10.4 Å². The fourth-order valence-corrected chi connectivity index (χ4v) is 2.38. The third-order valence-corrected chi connectivity index (χ3v) is 3.14. The molecule has 7 heteroatoms. The number of nitrogens with zero attached hydrogens (tertiary/aromatic N) is 4. The van der Waals surface area contributed by atoms with Crippen molar-refractivity contribution in [2.24, 2.45) is 5.11 Å². The van der Waals surface area contributed by atoms with Gasteiger partial charge in [0.25, 0.3) is 0 Å². The van der Waals surface area contributed by atoms with Crippen LogP contribution in [0.1, 0.15) is 16.6 Å². The number of carbonyl (C=O) groups excluding carboxylic acids is 1. The molecule has 0 aliphatic rings. The Morgan fingerprint density at radius 3 is 3.24 bits per heavy atom. The summed E-state index contributed by atoms with van der Waals surface area (Å²) in [6, 6.07) is 3.57. The molecule has 0 spiro atoms. The molecule has 0 saturated heterocycles. The first kappa shape index (κ1) is 11.4. The van der Waals surface area contributed by atoms with E-state index in [9.17, 15) is 4.79 Å². The van der Waals surface area contributed by atoms with Gasteiger partial charge in [0.1, 0.15) is 4.88 Å². The maximum absolute atomic E-state index is 11.7. The molecular weight excluding hydrogens is 240 g/mol. The maximum Gasteiger partial charge on any atom is 0.348 e. The van der Waals surface area contributed by atoms with Crippen LogP contribution < -0.4 is 0 Å². The van der Waals surface area contributed by atoms with Crippen LogP contribution in [0, 0.1) is 0 Å². The molecule has 2 aromatic rings. The molecule has 86 valence electrons. The normalized spacial score (nSPS) is 9.94. The van der Waals surface area contributed by atoms with Crippen LogP contribution in [0.2, 0.25) is 0 Å². The minimum absolute atomic E-state index is 0.242. The predicted octanol–water partition coefficient (Wildman–Crippen LogP) is 3.41. The van der Waals surface area contributed by atoms with Crippen LogP contribution in [0.25, 0.3) is 20.7 Å². The number of pyridine rings is 1. The van der Waals surface area contributed by atoms with Gasteiger partial charge in [0.05, 0.1) is 22.5 Å². The summed E-state index contributed by atoms with van der Waals surface area (Å²) in [5.41, 5.74) is 9.29. The smallest absolute Gasteiger partial charge is 0.348 e. The minimum atomic E-state index is -0.488. The first-order valence-corrected chi connectivity index (χ1v) is 5.69. The molecular formula is C10H8N4O2S. The summed E-state index contributed by atoms with van der Waals surface area (Å²) in [6.07, 6.45) is 1.58. The number of ether oxygens (including phenoxy) is 1. The second-order valence-electron chi connectivity index (χ2n) is 3.04. The minimum Gasteiger partial charge on any atom is -0.462 e. The van der Waals surface area contributed by atoms with E-state index >= 15 is 0 Å². The first-order chi connectivity index (χ1) is 8.27. The Hall–Kier alpha value is -2.11. The Morgan fingerprint density at radius 1 is 1.71 bits per heavy atom. The Bertz CT molecular complexity index is 616. The fraction of sp³-hybridized carbons (Fsp3) is 0.200. The Labute approximate surface area is 100 Å². The van der Waals surface area contributed by atoms with E-state index in [1.807, 2.05) is 6.07 Å². The summed E-state index contributed by atoms with van der Waals surface area (Å²) in [6.45, 7) is 1.99. The standard InChI is InChI=1S/C10H8N4O2S/c1-2-16-10(15)9-8(13-14-11)7-6(17-9)4-3-5-12-7/h3-5H,2H2,1H3. The quantitative estimate of drug-likeness (QED) is 0.361. The van der Waals surface area contributed by atoms with Crippen molar-refractivity contribution in [2.75, 3.05) is 6.61 Å². The van der Waals surface area contributed by atoms with Crippen LogP contribution in [0.3, 0.4) is 0 Å². The van der Waals surface area contributed by atoms with Crippen LogP contribution >= 0.6 is 11.3 Å². The van der Waals surface area contributed by atoms with Gasteiger partial charge >= 0.3 is 5.97 Å². The second-order valence-corrected chi connectivity index (χ2v) is 4.09. The molecule has 0 aliphatic heterocycles. The molecule has 6 nitrogen and oxygen atoms in total. The van der Waals surface area contributed by atoms with Crippen molar-refractivity contribution in [2.45, 2.75) is 6.92 Å². The van der Waals surface area contributed by atoms with E-state index in [1.165, 1.54) is 11.3 Å². The zero-order valence-corrected chi connectivity index (χ0v) is 9.77. The average Bonchev–Trinajstić information content (AvgIpc) is 2.70. The molecule has 0 saturated carbocycles. The van der Waals surface area contributed by atoms with Gasteiger partial charge in [-0.1, -0.05) is 5.11 Å². The van der Waals surface area contributed by atoms with Gasteiger partial charge in [-0.25, -0.2) is 4.79 Å². The summed E-state index contributed by atoms with van der Waals surface area (Å²) < 4.78 is 5.69. The molecule has 0 radical (unpaired) electrons. The molecule has 0 atom stereocenters.